The quantitative estimate of drug-likeness (QED) is 0.691. The number of nitrogens with zero attached hydrogens (tertiary/aromatic N) is 5. The van der Waals surface area contributed by atoms with Crippen LogP contribution in [0.3, 0.4) is 0 Å². The van der Waals surface area contributed by atoms with Gasteiger partial charge in [-0.05, 0) is 38.1 Å². The SMILES string of the molecule is CCC(CC)N1C(=O)Cc2cnc(Nc3cc(C(=O)N4CCN(C)CC4)ccc3OC)nc21. The van der Waals surface area contributed by atoms with E-state index >= 15 is 0 Å². The molecule has 0 saturated carbocycles. The van der Waals surface area contributed by atoms with Gasteiger partial charge < -0.3 is 19.9 Å². The lowest BCUT2D eigenvalue weighted by Crippen LogP contribution is -2.47. The first-order chi connectivity index (χ1) is 15.9. The second kappa shape index (κ2) is 9.74. The number of fused-ring (bicyclic) bond motifs is 1. The van der Waals surface area contributed by atoms with E-state index in [1.165, 1.54) is 0 Å². The summed E-state index contributed by atoms with van der Waals surface area (Å²) in [7, 11) is 3.64. The van der Waals surface area contributed by atoms with Gasteiger partial charge >= 0.3 is 0 Å². The van der Waals surface area contributed by atoms with E-state index in [9.17, 15) is 9.59 Å². The highest BCUT2D eigenvalue weighted by Gasteiger charge is 2.33. The van der Waals surface area contributed by atoms with Crippen molar-refractivity contribution in [2.45, 2.75) is 39.2 Å². The lowest BCUT2D eigenvalue weighted by Gasteiger charge is -2.32. The summed E-state index contributed by atoms with van der Waals surface area (Å²) in [5.41, 5.74) is 2.03. The zero-order chi connectivity index (χ0) is 23.5. The summed E-state index contributed by atoms with van der Waals surface area (Å²) in [6, 6.07) is 5.45. The van der Waals surface area contributed by atoms with Crippen LogP contribution in [0, 0.1) is 0 Å². The van der Waals surface area contributed by atoms with Crippen LogP contribution in [0.2, 0.25) is 0 Å². The normalized spacial score (nSPS) is 16.3. The number of aromatic nitrogens is 2. The molecule has 1 fully saturated rings. The molecular formula is C24H32N6O3. The molecule has 1 aromatic carbocycles. The van der Waals surface area contributed by atoms with Gasteiger partial charge in [-0.15, -0.1) is 0 Å². The van der Waals surface area contributed by atoms with E-state index in [1.807, 2.05) is 4.90 Å². The number of hydrogen-bond donors (Lipinski definition) is 1. The maximum Gasteiger partial charge on any atom is 0.254 e. The highest BCUT2D eigenvalue weighted by atomic mass is 16.5. The highest BCUT2D eigenvalue weighted by molar-refractivity contribution is 6.01. The van der Waals surface area contributed by atoms with Gasteiger partial charge in [0.1, 0.15) is 11.6 Å². The Morgan fingerprint density at radius 2 is 1.91 bits per heavy atom. The zero-order valence-electron chi connectivity index (χ0n) is 19.8. The van der Waals surface area contributed by atoms with Gasteiger partial charge in [0.05, 0.1) is 19.2 Å². The molecule has 1 saturated heterocycles. The summed E-state index contributed by atoms with van der Waals surface area (Å²) < 4.78 is 5.50. The van der Waals surface area contributed by atoms with Gasteiger partial charge in [-0.1, -0.05) is 13.8 Å². The van der Waals surface area contributed by atoms with Crippen LogP contribution in [-0.2, 0) is 11.2 Å². The first kappa shape index (κ1) is 23.0. The summed E-state index contributed by atoms with van der Waals surface area (Å²) in [5.74, 6) is 1.66. The average molecular weight is 453 g/mol. The van der Waals surface area contributed by atoms with Gasteiger partial charge in [0.2, 0.25) is 11.9 Å². The Kier molecular flexibility index (Phi) is 6.78. The van der Waals surface area contributed by atoms with Crippen LogP contribution in [-0.4, -0.2) is 78.0 Å². The minimum absolute atomic E-state index is 0.00539. The topological polar surface area (TPSA) is 90.9 Å². The molecule has 2 amide bonds. The van der Waals surface area contributed by atoms with E-state index in [1.54, 1.807) is 36.4 Å². The summed E-state index contributed by atoms with van der Waals surface area (Å²) in [4.78, 5) is 40.6. The van der Waals surface area contributed by atoms with Crippen LogP contribution < -0.4 is 15.0 Å². The molecule has 2 aliphatic rings. The molecule has 1 N–H and O–H groups in total. The molecule has 0 radical (unpaired) electrons. The molecule has 0 bridgehead atoms. The zero-order valence-corrected chi connectivity index (χ0v) is 19.8. The summed E-state index contributed by atoms with van der Waals surface area (Å²) in [6.07, 6.45) is 3.75. The van der Waals surface area contributed by atoms with Crippen LogP contribution >= 0.6 is 0 Å². The molecule has 33 heavy (non-hydrogen) atoms. The number of amides is 2. The van der Waals surface area contributed by atoms with Crippen LogP contribution in [0.4, 0.5) is 17.5 Å². The second-order valence-electron chi connectivity index (χ2n) is 8.59. The molecule has 2 aromatic rings. The molecule has 0 spiro atoms. The van der Waals surface area contributed by atoms with Gasteiger partial charge in [0.15, 0.2) is 0 Å². The molecule has 9 heteroatoms. The van der Waals surface area contributed by atoms with Gasteiger partial charge in [-0.25, -0.2) is 4.98 Å². The van der Waals surface area contributed by atoms with Crippen molar-refractivity contribution in [3.8, 4) is 5.75 Å². The number of anilines is 3. The van der Waals surface area contributed by atoms with Crippen molar-refractivity contribution in [1.29, 1.82) is 0 Å². The Balaban J connectivity index is 1.60. The van der Waals surface area contributed by atoms with Gasteiger partial charge in [0, 0.05) is 49.5 Å². The lowest BCUT2D eigenvalue weighted by atomic mass is 10.1. The number of nitrogens with one attached hydrogen (secondary N) is 1. The molecule has 1 aromatic heterocycles. The summed E-state index contributed by atoms with van der Waals surface area (Å²) >= 11 is 0. The smallest absolute Gasteiger partial charge is 0.254 e. The minimum Gasteiger partial charge on any atom is -0.495 e. The number of likely N-dealkylation sites (N-methyl/N-ethyl adjacent to an activating group) is 1. The first-order valence-corrected chi connectivity index (χ1v) is 11.6. The Labute approximate surface area is 194 Å². The molecular weight excluding hydrogens is 420 g/mol. The van der Waals surface area contributed by atoms with Gasteiger partial charge in [-0.3, -0.25) is 14.5 Å². The predicted molar refractivity (Wildman–Crippen MR) is 127 cm³/mol. The van der Waals surface area contributed by atoms with E-state index < -0.39 is 0 Å². The largest absolute Gasteiger partial charge is 0.495 e. The Bertz CT molecular complexity index is 1030. The molecule has 3 heterocycles. The fourth-order valence-electron chi connectivity index (χ4n) is 4.44. The number of ether oxygens (including phenoxy) is 1. The van der Waals surface area contributed by atoms with Crippen molar-refractivity contribution in [3.63, 3.8) is 0 Å². The van der Waals surface area contributed by atoms with Crippen molar-refractivity contribution in [3.05, 3.63) is 35.5 Å². The fraction of sp³-hybridized carbons (Fsp3) is 0.500. The number of methoxy groups -OCH3 is 1. The molecule has 176 valence electrons. The Morgan fingerprint density at radius 1 is 1.18 bits per heavy atom. The summed E-state index contributed by atoms with van der Waals surface area (Å²) in [5, 5.41) is 3.20. The van der Waals surface area contributed by atoms with Crippen LogP contribution in [0.25, 0.3) is 0 Å². The number of piperazine rings is 1. The van der Waals surface area contributed by atoms with Crippen molar-refractivity contribution in [2.24, 2.45) is 0 Å². The lowest BCUT2D eigenvalue weighted by molar-refractivity contribution is -0.117. The fourth-order valence-corrected chi connectivity index (χ4v) is 4.44. The number of benzene rings is 1. The third-order valence-electron chi connectivity index (χ3n) is 6.47. The van der Waals surface area contributed by atoms with Crippen LogP contribution in [0.15, 0.2) is 24.4 Å². The van der Waals surface area contributed by atoms with E-state index in [-0.39, 0.29) is 17.9 Å². The van der Waals surface area contributed by atoms with Gasteiger partial charge in [0.25, 0.3) is 5.91 Å². The van der Waals surface area contributed by atoms with E-state index in [2.05, 4.69) is 41.1 Å². The maximum absolute atomic E-state index is 13.0. The monoisotopic (exact) mass is 452 g/mol. The first-order valence-electron chi connectivity index (χ1n) is 11.6. The standard InChI is InChI=1S/C24H32N6O3/c1-5-18(6-2)30-21(31)14-17-15-25-24(27-22(17)30)26-19-13-16(7-8-20(19)33-4)23(32)29-11-9-28(3)10-12-29/h7-8,13,15,18H,5-6,9-12,14H2,1-4H3,(H,25,26,27). The molecule has 0 aliphatic carbocycles. The third kappa shape index (κ3) is 4.64. The number of hydrogen-bond acceptors (Lipinski definition) is 7. The van der Waals surface area contributed by atoms with Crippen molar-refractivity contribution in [1.82, 2.24) is 19.8 Å². The van der Waals surface area contributed by atoms with Crippen molar-refractivity contribution < 1.29 is 14.3 Å². The van der Waals surface area contributed by atoms with E-state index in [0.717, 1.165) is 31.5 Å². The molecule has 0 atom stereocenters. The number of rotatable bonds is 7. The second-order valence-corrected chi connectivity index (χ2v) is 8.59. The molecule has 9 nitrogen and oxygen atoms in total. The summed E-state index contributed by atoms with van der Waals surface area (Å²) in [6.45, 7) is 7.29. The number of carbonyl (C=O) groups is 2. The van der Waals surface area contributed by atoms with Gasteiger partial charge in [-0.2, -0.15) is 4.98 Å². The van der Waals surface area contributed by atoms with Crippen molar-refractivity contribution in [2.75, 3.05) is 50.6 Å². The minimum atomic E-state index is -0.00539. The van der Waals surface area contributed by atoms with E-state index in [0.29, 0.717) is 48.3 Å². The average Bonchev–Trinajstić information content (AvgIpc) is 3.15. The Morgan fingerprint density at radius 3 is 2.58 bits per heavy atom. The third-order valence-corrected chi connectivity index (χ3v) is 6.47. The molecule has 0 unspecified atom stereocenters. The van der Waals surface area contributed by atoms with E-state index in [4.69, 9.17) is 4.74 Å². The Hall–Kier alpha value is -3.20. The van der Waals surface area contributed by atoms with Crippen molar-refractivity contribution >= 4 is 29.3 Å². The highest BCUT2D eigenvalue weighted by Crippen LogP contribution is 2.33. The van der Waals surface area contributed by atoms with Crippen LogP contribution in [0.5, 0.6) is 5.75 Å². The maximum atomic E-state index is 13.0. The predicted octanol–water partition coefficient (Wildman–Crippen LogP) is 2.69. The van der Waals surface area contributed by atoms with Crippen LogP contribution in [0.1, 0.15) is 42.6 Å². The molecule has 4 rings (SSSR count). The molecule has 2 aliphatic heterocycles. The number of carbonyl (C=O) groups excluding carboxylic acids is 2.